The molecule has 7 nitrogen and oxygen atoms in total. The van der Waals surface area contributed by atoms with E-state index in [1.54, 1.807) is 36.5 Å². The third kappa shape index (κ3) is 4.47. The van der Waals surface area contributed by atoms with Crippen LogP contribution in [0.2, 0.25) is 0 Å². The summed E-state index contributed by atoms with van der Waals surface area (Å²) in [6.07, 6.45) is 1.70. The highest BCUT2D eigenvalue weighted by Crippen LogP contribution is 2.25. The van der Waals surface area contributed by atoms with E-state index < -0.39 is 0 Å². The van der Waals surface area contributed by atoms with Gasteiger partial charge in [-0.2, -0.15) is 0 Å². The maximum Gasteiger partial charge on any atom is 0.323 e. The third-order valence-corrected chi connectivity index (χ3v) is 4.42. The number of carbonyl (C=O) groups excluding carboxylic acids is 1. The lowest BCUT2D eigenvalue weighted by Gasteiger charge is -2.13. The largest absolute Gasteiger partial charge is 0.485 e. The van der Waals surface area contributed by atoms with Gasteiger partial charge in [-0.1, -0.05) is 30.3 Å². The number of hydrogen-bond acceptors (Lipinski definition) is 4. The molecule has 0 saturated carbocycles. The number of nitrogens with zero attached hydrogens (tertiary/aromatic N) is 2. The standard InChI is InChI=1S/C23H20N4O3/c1-16-11-12-27-21(13-16)24-18(14-22(27)28)15-30-20-10-6-5-9-19(20)26-23(29)25-17-7-3-2-4-8-17/h2-14H,15H2,1H3,(H2,25,26,29). The van der Waals surface area contributed by atoms with Gasteiger partial charge >= 0.3 is 6.03 Å². The summed E-state index contributed by atoms with van der Waals surface area (Å²) in [4.78, 5) is 29.1. The summed E-state index contributed by atoms with van der Waals surface area (Å²) in [5, 5.41) is 5.54. The second kappa shape index (κ2) is 8.48. The molecule has 30 heavy (non-hydrogen) atoms. The molecule has 4 rings (SSSR count). The van der Waals surface area contributed by atoms with Crippen LogP contribution in [-0.4, -0.2) is 15.4 Å². The number of urea groups is 1. The second-order valence-electron chi connectivity index (χ2n) is 6.75. The molecule has 0 aliphatic rings. The predicted octanol–water partition coefficient (Wildman–Crippen LogP) is 4.23. The maximum atomic E-state index is 12.3. The maximum absolute atomic E-state index is 12.3. The molecule has 0 bridgehead atoms. The normalized spacial score (nSPS) is 10.6. The number of amides is 2. The van der Waals surface area contributed by atoms with Gasteiger partial charge in [-0.25, -0.2) is 9.78 Å². The van der Waals surface area contributed by atoms with Crippen LogP contribution in [0.3, 0.4) is 0 Å². The lowest BCUT2D eigenvalue weighted by Crippen LogP contribution is -2.20. The van der Waals surface area contributed by atoms with Crippen molar-refractivity contribution in [1.29, 1.82) is 0 Å². The molecule has 0 aliphatic carbocycles. The van der Waals surface area contributed by atoms with Crippen molar-refractivity contribution in [1.82, 2.24) is 9.38 Å². The Labute approximate surface area is 173 Å². The van der Waals surface area contributed by atoms with Crippen LogP contribution in [0.15, 0.2) is 83.8 Å². The van der Waals surface area contributed by atoms with Gasteiger partial charge in [0.1, 0.15) is 18.0 Å². The van der Waals surface area contributed by atoms with Crippen LogP contribution in [0.25, 0.3) is 5.65 Å². The zero-order chi connectivity index (χ0) is 20.9. The minimum Gasteiger partial charge on any atom is -0.485 e. The highest BCUT2D eigenvalue weighted by atomic mass is 16.5. The molecule has 2 amide bonds. The van der Waals surface area contributed by atoms with Crippen LogP contribution >= 0.6 is 0 Å². The van der Waals surface area contributed by atoms with Crippen molar-refractivity contribution in [3.8, 4) is 5.75 Å². The summed E-state index contributed by atoms with van der Waals surface area (Å²) < 4.78 is 7.34. The van der Waals surface area contributed by atoms with Crippen molar-refractivity contribution in [2.24, 2.45) is 0 Å². The van der Waals surface area contributed by atoms with Gasteiger partial charge in [-0.05, 0) is 48.9 Å². The van der Waals surface area contributed by atoms with Crippen LogP contribution in [0.5, 0.6) is 5.75 Å². The highest BCUT2D eigenvalue weighted by Gasteiger charge is 2.09. The van der Waals surface area contributed by atoms with Crippen LogP contribution in [0, 0.1) is 6.92 Å². The molecular weight excluding hydrogens is 380 g/mol. The van der Waals surface area contributed by atoms with E-state index in [1.165, 1.54) is 10.5 Å². The molecule has 4 aromatic rings. The monoisotopic (exact) mass is 400 g/mol. The minimum atomic E-state index is -0.380. The number of ether oxygens (including phenoxy) is 1. The van der Waals surface area contributed by atoms with Gasteiger partial charge in [0, 0.05) is 18.0 Å². The number of rotatable bonds is 5. The summed E-state index contributed by atoms with van der Waals surface area (Å²) in [5.41, 5.74) is 3.11. The van der Waals surface area contributed by atoms with Crippen LogP contribution in [0.4, 0.5) is 16.2 Å². The number of aryl methyl sites for hydroxylation is 1. The zero-order valence-corrected chi connectivity index (χ0v) is 16.3. The molecule has 2 aromatic carbocycles. The van der Waals surface area contributed by atoms with Gasteiger partial charge < -0.3 is 15.4 Å². The Balaban J connectivity index is 1.49. The van der Waals surface area contributed by atoms with E-state index in [4.69, 9.17) is 4.74 Å². The van der Waals surface area contributed by atoms with E-state index in [-0.39, 0.29) is 18.2 Å². The average molecular weight is 400 g/mol. The fourth-order valence-corrected chi connectivity index (χ4v) is 2.98. The molecule has 0 fully saturated rings. The number of fused-ring (bicyclic) bond motifs is 1. The van der Waals surface area contributed by atoms with Gasteiger partial charge in [0.05, 0.1) is 11.4 Å². The van der Waals surface area contributed by atoms with E-state index >= 15 is 0 Å². The zero-order valence-electron chi connectivity index (χ0n) is 16.3. The van der Waals surface area contributed by atoms with Crippen molar-refractivity contribution < 1.29 is 9.53 Å². The molecule has 2 heterocycles. The first-order valence-electron chi connectivity index (χ1n) is 9.42. The number of anilines is 2. The van der Waals surface area contributed by atoms with Crippen LogP contribution < -0.4 is 20.9 Å². The average Bonchev–Trinajstić information content (AvgIpc) is 2.73. The Kier molecular flexibility index (Phi) is 5.43. The van der Waals surface area contributed by atoms with E-state index in [9.17, 15) is 9.59 Å². The number of nitrogens with one attached hydrogen (secondary N) is 2. The molecular formula is C23H20N4O3. The van der Waals surface area contributed by atoms with Crippen molar-refractivity contribution in [3.63, 3.8) is 0 Å². The van der Waals surface area contributed by atoms with Gasteiger partial charge in [0.15, 0.2) is 0 Å². The van der Waals surface area contributed by atoms with Crippen molar-refractivity contribution in [2.75, 3.05) is 10.6 Å². The first kappa shape index (κ1) is 19.2. The SMILES string of the molecule is Cc1ccn2c(=O)cc(COc3ccccc3NC(=O)Nc3ccccc3)nc2c1. The number of aromatic nitrogens is 2. The molecule has 0 radical (unpaired) electrons. The number of carbonyl (C=O) groups is 1. The van der Waals surface area contributed by atoms with Crippen molar-refractivity contribution in [2.45, 2.75) is 13.5 Å². The van der Waals surface area contributed by atoms with E-state index in [0.717, 1.165) is 5.56 Å². The summed E-state index contributed by atoms with van der Waals surface area (Å²) in [6, 6.07) is 21.0. The number of para-hydroxylation sites is 3. The number of pyridine rings is 1. The topological polar surface area (TPSA) is 84.7 Å². The Morgan fingerprint density at radius 2 is 1.77 bits per heavy atom. The first-order valence-corrected chi connectivity index (χ1v) is 9.42. The lowest BCUT2D eigenvalue weighted by atomic mass is 10.3. The fraction of sp³-hybridized carbons (Fsp3) is 0.0870. The molecule has 0 saturated heterocycles. The third-order valence-electron chi connectivity index (χ3n) is 4.42. The molecule has 0 spiro atoms. The molecule has 0 aliphatic heterocycles. The van der Waals surface area contributed by atoms with Gasteiger partial charge in [-0.15, -0.1) is 0 Å². The van der Waals surface area contributed by atoms with Gasteiger partial charge in [0.2, 0.25) is 0 Å². The first-order chi connectivity index (χ1) is 14.6. The fourth-order valence-electron chi connectivity index (χ4n) is 2.98. The van der Waals surface area contributed by atoms with E-state index in [2.05, 4.69) is 15.6 Å². The molecule has 0 atom stereocenters. The molecule has 7 heteroatoms. The van der Waals surface area contributed by atoms with Crippen molar-refractivity contribution >= 4 is 23.1 Å². The quantitative estimate of drug-likeness (QED) is 0.525. The Bertz CT molecular complexity index is 1250. The summed E-state index contributed by atoms with van der Waals surface area (Å²) in [7, 11) is 0. The molecule has 2 aromatic heterocycles. The summed E-state index contributed by atoms with van der Waals surface area (Å²) in [5.74, 6) is 0.479. The van der Waals surface area contributed by atoms with Crippen molar-refractivity contribution in [3.05, 3.63) is 101 Å². The molecule has 2 N–H and O–H groups in total. The number of benzene rings is 2. The van der Waals surface area contributed by atoms with Gasteiger partial charge in [0.25, 0.3) is 5.56 Å². The van der Waals surface area contributed by atoms with Crippen LogP contribution in [-0.2, 0) is 6.61 Å². The highest BCUT2D eigenvalue weighted by molar-refractivity contribution is 6.00. The lowest BCUT2D eigenvalue weighted by molar-refractivity contribution is 0.261. The Morgan fingerprint density at radius 1 is 1.00 bits per heavy atom. The summed E-state index contributed by atoms with van der Waals surface area (Å²) in [6.45, 7) is 2.04. The molecule has 150 valence electrons. The van der Waals surface area contributed by atoms with E-state index in [1.807, 2.05) is 43.3 Å². The minimum absolute atomic E-state index is 0.0959. The predicted molar refractivity (Wildman–Crippen MR) is 116 cm³/mol. The van der Waals surface area contributed by atoms with E-state index in [0.29, 0.717) is 28.5 Å². The Morgan fingerprint density at radius 3 is 2.60 bits per heavy atom. The second-order valence-corrected chi connectivity index (χ2v) is 6.75. The Hall–Kier alpha value is -4.13. The molecule has 0 unspecified atom stereocenters. The smallest absolute Gasteiger partial charge is 0.323 e. The summed E-state index contributed by atoms with van der Waals surface area (Å²) >= 11 is 0. The van der Waals surface area contributed by atoms with Gasteiger partial charge in [-0.3, -0.25) is 9.20 Å². The number of hydrogen-bond donors (Lipinski definition) is 2. The van der Waals surface area contributed by atoms with Crippen LogP contribution in [0.1, 0.15) is 11.3 Å².